The van der Waals surface area contributed by atoms with Crippen molar-refractivity contribution in [2.75, 3.05) is 7.11 Å². The average Bonchev–Trinajstić information content (AvgIpc) is 2.19. The molecule has 4 nitrogen and oxygen atoms in total. The Morgan fingerprint density at radius 2 is 2.06 bits per heavy atom. The van der Waals surface area contributed by atoms with Gasteiger partial charge in [0.2, 0.25) is 5.88 Å². The van der Waals surface area contributed by atoms with Crippen molar-refractivity contribution in [1.29, 1.82) is 0 Å². The molecule has 0 saturated carbocycles. The number of alkyl halides is 3. The first kappa shape index (κ1) is 12.6. The number of ether oxygens (including phenoxy) is 2. The van der Waals surface area contributed by atoms with Crippen LogP contribution in [0, 0.1) is 6.92 Å². The molecule has 16 heavy (non-hydrogen) atoms. The summed E-state index contributed by atoms with van der Waals surface area (Å²) < 4.78 is 44.7. The Morgan fingerprint density at radius 1 is 1.44 bits per heavy atom. The van der Waals surface area contributed by atoms with Gasteiger partial charge in [0.25, 0.3) is 0 Å². The third-order valence-electron chi connectivity index (χ3n) is 1.93. The van der Waals surface area contributed by atoms with E-state index in [-0.39, 0.29) is 17.9 Å². The summed E-state index contributed by atoms with van der Waals surface area (Å²) in [5.74, 6) is -0.265. The second-order valence-electron chi connectivity index (χ2n) is 3.00. The Kier molecular flexibility index (Phi) is 3.58. The van der Waals surface area contributed by atoms with Crippen LogP contribution in [0.25, 0.3) is 0 Å². The molecule has 7 heteroatoms. The number of rotatable bonds is 3. The van der Waals surface area contributed by atoms with Crippen molar-refractivity contribution in [1.82, 2.24) is 4.98 Å². The summed E-state index contributed by atoms with van der Waals surface area (Å²) in [6.45, 7) is 1.55. The van der Waals surface area contributed by atoms with E-state index in [1.165, 1.54) is 20.2 Å². The number of nitrogens with two attached hydrogens (primary N) is 1. The summed E-state index contributed by atoms with van der Waals surface area (Å²) >= 11 is 0. The molecule has 0 fully saturated rings. The maximum Gasteiger partial charge on any atom is 0.574 e. The molecule has 1 heterocycles. The maximum atomic E-state index is 12.0. The summed E-state index contributed by atoms with van der Waals surface area (Å²) in [5.41, 5.74) is 6.08. The molecule has 0 saturated heterocycles. The molecule has 2 N–H and O–H groups in total. The molecular formula is C9H11F3N2O2. The van der Waals surface area contributed by atoms with Crippen molar-refractivity contribution in [3.63, 3.8) is 0 Å². The molecule has 90 valence electrons. The van der Waals surface area contributed by atoms with E-state index in [1.54, 1.807) is 0 Å². The van der Waals surface area contributed by atoms with E-state index in [4.69, 9.17) is 10.5 Å². The van der Waals surface area contributed by atoms with Gasteiger partial charge in [-0.15, -0.1) is 13.2 Å². The van der Waals surface area contributed by atoms with Crippen LogP contribution in [0.1, 0.15) is 11.1 Å². The molecule has 0 aromatic carbocycles. The van der Waals surface area contributed by atoms with Crippen molar-refractivity contribution >= 4 is 0 Å². The topological polar surface area (TPSA) is 57.4 Å². The summed E-state index contributed by atoms with van der Waals surface area (Å²) in [7, 11) is 1.35. The molecule has 0 bridgehead atoms. The molecule has 1 rings (SSSR count). The zero-order valence-corrected chi connectivity index (χ0v) is 8.76. The lowest BCUT2D eigenvalue weighted by Gasteiger charge is -2.14. The van der Waals surface area contributed by atoms with E-state index < -0.39 is 12.2 Å². The fraction of sp³-hybridized carbons (Fsp3) is 0.444. The molecule has 0 aliphatic heterocycles. The third kappa shape index (κ3) is 2.75. The van der Waals surface area contributed by atoms with Crippen molar-refractivity contribution in [3.8, 4) is 11.6 Å². The zero-order chi connectivity index (χ0) is 12.3. The van der Waals surface area contributed by atoms with Gasteiger partial charge in [-0.3, -0.25) is 0 Å². The third-order valence-corrected chi connectivity index (χ3v) is 1.93. The van der Waals surface area contributed by atoms with E-state index in [9.17, 15) is 13.2 Å². The second kappa shape index (κ2) is 4.56. The van der Waals surface area contributed by atoms with Crippen LogP contribution < -0.4 is 15.2 Å². The molecule has 0 radical (unpaired) electrons. The Labute approximate surface area is 90.2 Å². The van der Waals surface area contributed by atoms with E-state index in [1.807, 2.05) is 0 Å². The van der Waals surface area contributed by atoms with Gasteiger partial charge in [0.15, 0.2) is 0 Å². The maximum absolute atomic E-state index is 12.0. The quantitative estimate of drug-likeness (QED) is 0.868. The number of hydrogen-bond acceptors (Lipinski definition) is 4. The van der Waals surface area contributed by atoms with Crippen LogP contribution in [-0.2, 0) is 6.54 Å². The lowest BCUT2D eigenvalue weighted by Crippen LogP contribution is -2.19. The molecule has 0 amide bonds. The fourth-order valence-electron chi connectivity index (χ4n) is 1.27. The molecule has 1 aromatic rings. The molecule has 0 unspecified atom stereocenters. The van der Waals surface area contributed by atoms with E-state index in [2.05, 4.69) is 9.72 Å². The second-order valence-corrected chi connectivity index (χ2v) is 3.00. The van der Waals surface area contributed by atoms with Gasteiger partial charge in [-0.05, 0) is 6.92 Å². The van der Waals surface area contributed by atoms with Crippen LogP contribution in [0.3, 0.4) is 0 Å². The Balaban J connectivity index is 3.14. The highest BCUT2D eigenvalue weighted by molar-refractivity contribution is 5.44. The Hall–Kier alpha value is -1.50. The molecule has 1 aromatic heterocycles. The molecule has 0 aliphatic carbocycles. The number of halogens is 3. The first-order chi connectivity index (χ1) is 7.39. The summed E-state index contributed by atoms with van der Waals surface area (Å²) in [6.07, 6.45) is -3.57. The number of methoxy groups -OCH3 is 1. The number of aromatic nitrogens is 1. The molecule has 0 aliphatic rings. The highest BCUT2D eigenvalue weighted by Gasteiger charge is 2.33. The first-order valence-electron chi connectivity index (χ1n) is 4.37. The smallest absolute Gasteiger partial charge is 0.496 e. The zero-order valence-electron chi connectivity index (χ0n) is 8.76. The lowest BCUT2D eigenvalue weighted by atomic mass is 10.2. The van der Waals surface area contributed by atoms with Gasteiger partial charge >= 0.3 is 6.36 Å². The van der Waals surface area contributed by atoms with Gasteiger partial charge in [-0.1, -0.05) is 0 Å². The SMILES string of the molecule is COc1c(CN)cnc(OC(F)(F)F)c1C. The Bertz CT molecular complexity index is 380. The monoisotopic (exact) mass is 236 g/mol. The largest absolute Gasteiger partial charge is 0.574 e. The van der Waals surface area contributed by atoms with Crippen LogP contribution in [0.15, 0.2) is 6.20 Å². The minimum atomic E-state index is -4.77. The minimum Gasteiger partial charge on any atom is -0.496 e. The minimum absolute atomic E-state index is 0.128. The van der Waals surface area contributed by atoms with Crippen LogP contribution in [0.5, 0.6) is 11.6 Å². The predicted octanol–water partition coefficient (Wildman–Crippen LogP) is 1.76. The molecule has 0 spiro atoms. The highest BCUT2D eigenvalue weighted by atomic mass is 19.4. The number of pyridine rings is 1. The summed E-state index contributed by atoms with van der Waals surface area (Å²) in [5, 5.41) is 0. The number of nitrogens with zero attached hydrogens (tertiary/aromatic N) is 1. The van der Waals surface area contributed by atoms with Gasteiger partial charge in [-0.2, -0.15) is 0 Å². The van der Waals surface area contributed by atoms with Crippen molar-refractivity contribution < 1.29 is 22.6 Å². The molecular weight excluding hydrogens is 225 g/mol. The van der Waals surface area contributed by atoms with E-state index >= 15 is 0 Å². The first-order valence-corrected chi connectivity index (χ1v) is 4.37. The van der Waals surface area contributed by atoms with Gasteiger partial charge < -0.3 is 15.2 Å². The van der Waals surface area contributed by atoms with Crippen molar-refractivity contribution in [2.45, 2.75) is 19.8 Å². The van der Waals surface area contributed by atoms with Crippen LogP contribution in [0.4, 0.5) is 13.2 Å². The average molecular weight is 236 g/mol. The predicted molar refractivity (Wildman–Crippen MR) is 50.1 cm³/mol. The highest BCUT2D eigenvalue weighted by Crippen LogP contribution is 2.31. The van der Waals surface area contributed by atoms with Gasteiger partial charge in [0, 0.05) is 18.3 Å². The van der Waals surface area contributed by atoms with Gasteiger partial charge in [0.1, 0.15) is 5.75 Å². The van der Waals surface area contributed by atoms with Crippen LogP contribution >= 0.6 is 0 Å². The van der Waals surface area contributed by atoms with Gasteiger partial charge in [0.05, 0.1) is 12.7 Å². The summed E-state index contributed by atoms with van der Waals surface area (Å²) in [4.78, 5) is 3.54. The van der Waals surface area contributed by atoms with Crippen molar-refractivity contribution in [2.24, 2.45) is 5.73 Å². The van der Waals surface area contributed by atoms with Crippen LogP contribution in [-0.4, -0.2) is 18.5 Å². The molecule has 0 atom stereocenters. The normalized spacial score (nSPS) is 11.4. The standard InChI is InChI=1S/C9H11F3N2O2/c1-5-7(15-2)6(3-13)4-14-8(5)16-9(10,11)12/h4H,3,13H2,1-2H3. The fourth-order valence-corrected chi connectivity index (χ4v) is 1.27. The summed E-state index contributed by atoms with van der Waals surface area (Å²) in [6, 6.07) is 0. The number of hydrogen-bond donors (Lipinski definition) is 1. The van der Waals surface area contributed by atoms with Crippen LogP contribution in [0.2, 0.25) is 0 Å². The van der Waals surface area contributed by atoms with Gasteiger partial charge in [-0.25, -0.2) is 4.98 Å². The Morgan fingerprint density at radius 3 is 2.50 bits per heavy atom. The van der Waals surface area contributed by atoms with Crippen molar-refractivity contribution in [3.05, 3.63) is 17.3 Å². The lowest BCUT2D eigenvalue weighted by molar-refractivity contribution is -0.276. The van der Waals surface area contributed by atoms with E-state index in [0.717, 1.165) is 0 Å². The van der Waals surface area contributed by atoms with E-state index in [0.29, 0.717) is 5.56 Å².